The van der Waals surface area contributed by atoms with Crippen molar-refractivity contribution < 1.29 is 0 Å². The molecule has 0 aliphatic carbocycles. The molecule has 2 N–H and O–H groups in total. The zero-order chi connectivity index (χ0) is 50.0. The van der Waals surface area contributed by atoms with Crippen LogP contribution in [-0.4, -0.2) is 19.9 Å². The molecule has 0 atom stereocenters. The summed E-state index contributed by atoms with van der Waals surface area (Å²) in [4.78, 5) is 20.1. The smallest absolute Gasteiger partial charge is 0.0694 e. The van der Waals surface area contributed by atoms with E-state index >= 15 is 0 Å². The Balaban J connectivity index is 1.73. The van der Waals surface area contributed by atoms with Crippen molar-refractivity contribution in [1.82, 2.24) is 19.9 Å². The molecule has 0 saturated heterocycles. The van der Waals surface area contributed by atoms with Crippen LogP contribution in [0.3, 0.4) is 0 Å². The van der Waals surface area contributed by atoms with Crippen LogP contribution in [0.5, 0.6) is 0 Å². The van der Waals surface area contributed by atoms with Gasteiger partial charge in [0.1, 0.15) is 0 Å². The second kappa shape index (κ2) is 31.1. The Morgan fingerprint density at radius 1 is 0.366 bits per heavy atom. The first kappa shape index (κ1) is 55.7. The molecule has 8 bridgehead atoms. The number of nitrogens with one attached hydrogen (secondary N) is 2. The van der Waals surface area contributed by atoms with Crippen LogP contribution in [-0.2, 0) is 0 Å². The van der Waals surface area contributed by atoms with E-state index < -0.39 is 0 Å². The fourth-order valence-corrected chi connectivity index (χ4v) is 11.8. The molecule has 1 aromatic carbocycles. The normalized spacial score (nSPS) is 12.3. The zero-order valence-electron chi connectivity index (χ0n) is 45.8. The lowest BCUT2D eigenvalue weighted by molar-refractivity contribution is 0.493. The number of H-pyrrole nitrogens is 2. The lowest BCUT2D eigenvalue weighted by Crippen LogP contribution is -2.06. The number of hydrogen-bond donors (Lipinski definition) is 2. The van der Waals surface area contributed by atoms with E-state index in [4.69, 9.17) is 16.4 Å². The van der Waals surface area contributed by atoms with E-state index in [-0.39, 0.29) is 0 Å². The van der Waals surface area contributed by atoms with Gasteiger partial charge in [0.2, 0.25) is 0 Å². The number of fused-ring (bicyclic) bond motifs is 8. The van der Waals surface area contributed by atoms with E-state index in [0.29, 0.717) is 17.8 Å². The molecule has 384 valence electrons. The van der Waals surface area contributed by atoms with E-state index in [1.807, 2.05) is 0 Å². The van der Waals surface area contributed by atoms with Gasteiger partial charge >= 0.3 is 0 Å². The van der Waals surface area contributed by atoms with E-state index in [1.54, 1.807) is 0 Å². The molecule has 0 radical (unpaired) electrons. The van der Waals surface area contributed by atoms with Crippen molar-refractivity contribution in [1.29, 1.82) is 0 Å². The topological polar surface area (TPSA) is 57.4 Å². The van der Waals surface area contributed by atoms with Crippen LogP contribution in [0.15, 0.2) is 48.5 Å². The molecule has 4 heteroatoms. The highest BCUT2D eigenvalue weighted by Crippen LogP contribution is 2.42. The Bertz CT molecular complexity index is 2290. The SMILES string of the molecule is C#Cc1ccc(-[13c]2c3ccc([nH]3)c(C(CCCCCC)CCCCCC)c3nc(c(C(CCCCCC)CCCCCC)c4nc(c(C(CCCCCC)CCCCCC)c5ccc2[nH]5)C=C4)C=C3)cc1. The summed E-state index contributed by atoms with van der Waals surface area (Å²) in [6, 6.07) is 18.0. The summed E-state index contributed by atoms with van der Waals surface area (Å²) in [5.41, 5.74) is 16.6. The average molecular weight is 959 g/mol. The van der Waals surface area contributed by atoms with Crippen molar-refractivity contribution in [3.05, 3.63) is 93.6 Å². The average Bonchev–Trinajstić information content (AvgIpc) is 4.25. The Morgan fingerprint density at radius 2 is 0.662 bits per heavy atom. The first-order chi connectivity index (χ1) is 35.0. The standard InChI is InChI=1S/C67H96N4/c1-8-15-21-27-33-52(34-28-22-16-9-2)64-56-43-45-58(68-56)65(53(35-29-23-17-10-3)36-30-24-18-11-4)60-47-49-62(70-60)67(55-41-39-51(14-7)40-42-55)63-50-48-61(71-63)66(59-46-44-57(64)69-59)54(37-31-25-19-12-5)38-32-26-20-13-6/h7,39-50,52-54,70-71H,8-13,15-38H2,1-6H3/i67+1. The Labute approximate surface area is 433 Å². The molecule has 2 aliphatic rings. The van der Waals surface area contributed by atoms with Gasteiger partial charge < -0.3 is 9.97 Å². The molecule has 5 heterocycles. The number of aromatic nitrogens is 4. The van der Waals surface area contributed by atoms with Crippen LogP contribution in [0.25, 0.3) is 57.5 Å². The third-order valence-electron chi connectivity index (χ3n) is 15.9. The van der Waals surface area contributed by atoms with Crippen molar-refractivity contribution in [2.45, 2.75) is 252 Å². The maximum atomic E-state index is 5.94. The fraction of sp³-hybridized carbons (Fsp3) is 0.582. The summed E-state index contributed by atoms with van der Waals surface area (Å²) in [7, 11) is 0. The van der Waals surface area contributed by atoms with E-state index in [2.05, 4.69) is 130 Å². The van der Waals surface area contributed by atoms with Gasteiger partial charge in [0, 0.05) is 49.9 Å². The first-order valence-electron chi connectivity index (χ1n) is 29.7. The summed E-state index contributed by atoms with van der Waals surface area (Å²) in [5, 5.41) is 0. The van der Waals surface area contributed by atoms with Gasteiger partial charge in [0.25, 0.3) is 0 Å². The highest BCUT2D eigenvalue weighted by molar-refractivity contribution is 5.94. The molecule has 0 fully saturated rings. The predicted octanol–water partition coefficient (Wildman–Crippen LogP) is 21.4. The van der Waals surface area contributed by atoms with Crippen molar-refractivity contribution >= 4 is 46.4 Å². The van der Waals surface area contributed by atoms with Gasteiger partial charge in [0.05, 0.1) is 22.8 Å². The number of nitrogens with zero attached hydrogens (tertiary/aromatic N) is 2. The molecule has 0 unspecified atom stereocenters. The van der Waals surface area contributed by atoms with Crippen molar-refractivity contribution in [3.63, 3.8) is 0 Å². The second-order valence-corrected chi connectivity index (χ2v) is 21.5. The molecule has 71 heavy (non-hydrogen) atoms. The molecule has 0 spiro atoms. The molecule has 4 aromatic rings. The molecular formula is C67H96N4. The summed E-state index contributed by atoms with van der Waals surface area (Å²) >= 11 is 0. The molecular weight excluding hydrogens is 862 g/mol. The third-order valence-corrected chi connectivity index (χ3v) is 15.9. The Morgan fingerprint density at radius 3 is 0.972 bits per heavy atom. The first-order valence-corrected chi connectivity index (χ1v) is 29.7. The van der Waals surface area contributed by atoms with Gasteiger partial charge in [-0.3, -0.25) is 0 Å². The van der Waals surface area contributed by atoms with Crippen molar-refractivity contribution in [3.8, 4) is 23.5 Å². The summed E-state index contributed by atoms with van der Waals surface area (Å²) < 4.78 is 0. The van der Waals surface area contributed by atoms with Crippen LogP contribution in [0.2, 0.25) is 0 Å². The zero-order valence-corrected chi connectivity index (χ0v) is 45.8. The number of aromatic amines is 2. The number of terminal acetylenes is 1. The van der Waals surface area contributed by atoms with Crippen LogP contribution < -0.4 is 0 Å². The van der Waals surface area contributed by atoms with Crippen LogP contribution in [0.4, 0.5) is 0 Å². The largest absolute Gasteiger partial charge is 0.355 e. The summed E-state index contributed by atoms with van der Waals surface area (Å²) in [5.74, 6) is 4.08. The van der Waals surface area contributed by atoms with Gasteiger partial charge in [-0.15, -0.1) is 6.42 Å². The molecule has 3 aromatic heterocycles. The molecule has 6 rings (SSSR count). The van der Waals surface area contributed by atoms with Gasteiger partial charge in [-0.1, -0.05) is 214 Å². The van der Waals surface area contributed by atoms with E-state index in [9.17, 15) is 0 Å². The summed E-state index contributed by atoms with van der Waals surface area (Å²) in [6.07, 6.45) is 53.1. The minimum absolute atomic E-state index is 0.405. The highest BCUT2D eigenvalue weighted by Gasteiger charge is 2.26. The third kappa shape index (κ3) is 16.2. The second-order valence-electron chi connectivity index (χ2n) is 21.5. The lowest BCUT2D eigenvalue weighted by atomic mass is 9.86. The van der Waals surface area contributed by atoms with Gasteiger partial charge in [-0.05, 0) is 123 Å². The van der Waals surface area contributed by atoms with Crippen molar-refractivity contribution in [2.75, 3.05) is 0 Å². The maximum absolute atomic E-state index is 5.94. The molecule has 0 saturated carbocycles. The van der Waals surface area contributed by atoms with Crippen molar-refractivity contribution in [2.24, 2.45) is 0 Å². The number of benzene rings is 1. The quantitative estimate of drug-likeness (QED) is 0.0313. The molecule has 2 aliphatic heterocycles. The molecule has 4 nitrogen and oxygen atoms in total. The van der Waals surface area contributed by atoms with Crippen LogP contribution >= 0.6 is 0 Å². The fourth-order valence-electron chi connectivity index (χ4n) is 11.8. The van der Waals surface area contributed by atoms with Gasteiger partial charge in [-0.25, -0.2) is 9.97 Å². The lowest BCUT2D eigenvalue weighted by Gasteiger charge is -2.20. The predicted molar refractivity (Wildman–Crippen MR) is 313 cm³/mol. The Kier molecular flexibility index (Phi) is 24.4. The van der Waals surface area contributed by atoms with Crippen LogP contribution in [0, 0.1) is 12.3 Å². The van der Waals surface area contributed by atoms with Gasteiger partial charge in [-0.2, -0.15) is 0 Å². The van der Waals surface area contributed by atoms with E-state index in [0.717, 1.165) is 44.9 Å². The van der Waals surface area contributed by atoms with E-state index in [1.165, 1.54) is 226 Å². The molecule has 0 amide bonds. The Hall–Kier alpha value is -4.62. The summed E-state index contributed by atoms with van der Waals surface area (Å²) in [6.45, 7) is 14.0. The monoisotopic (exact) mass is 958 g/mol. The van der Waals surface area contributed by atoms with Crippen LogP contribution in [0.1, 0.15) is 297 Å². The number of rotatable bonds is 34. The highest BCUT2D eigenvalue weighted by atomic mass is 14.8. The minimum atomic E-state index is 0.405. The maximum Gasteiger partial charge on any atom is 0.0694 e. The van der Waals surface area contributed by atoms with Gasteiger partial charge in [0.15, 0.2) is 0 Å². The minimum Gasteiger partial charge on any atom is -0.355 e. The number of unbranched alkanes of at least 4 members (excludes halogenated alkanes) is 18. The number of hydrogen-bond acceptors (Lipinski definition) is 2.